The molecule has 2 heterocycles. The van der Waals surface area contributed by atoms with Crippen LogP contribution in [0.1, 0.15) is 30.2 Å². The Morgan fingerprint density at radius 2 is 1.96 bits per heavy atom. The van der Waals surface area contributed by atoms with E-state index in [1.165, 1.54) is 11.1 Å². The molecular formula is C19H24N2O3. The van der Waals surface area contributed by atoms with Crippen LogP contribution in [-0.2, 0) is 29.2 Å². The van der Waals surface area contributed by atoms with Gasteiger partial charge < -0.3 is 14.5 Å². The molecule has 0 amide bonds. The Labute approximate surface area is 142 Å². The van der Waals surface area contributed by atoms with Crippen molar-refractivity contribution in [1.82, 2.24) is 10.2 Å². The summed E-state index contributed by atoms with van der Waals surface area (Å²) in [6.45, 7) is 4.18. The van der Waals surface area contributed by atoms with E-state index in [0.29, 0.717) is 6.54 Å². The molecule has 0 aliphatic carbocycles. The van der Waals surface area contributed by atoms with Crippen LogP contribution in [-0.4, -0.2) is 30.1 Å². The molecule has 0 bridgehead atoms. The molecule has 2 aromatic rings. The van der Waals surface area contributed by atoms with E-state index in [4.69, 9.17) is 9.15 Å². The number of nitrogens with zero attached hydrogens (tertiary/aromatic N) is 1. The second-order valence-electron chi connectivity index (χ2n) is 6.44. The normalized spacial score (nSPS) is 20.5. The van der Waals surface area contributed by atoms with Gasteiger partial charge in [0.2, 0.25) is 0 Å². The molecule has 24 heavy (non-hydrogen) atoms. The number of hydrogen-bond acceptors (Lipinski definition) is 5. The first-order valence-electron chi connectivity index (χ1n) is 8.33. The van der Waals surface area contributed by atoms with Gasteiger partial charge in [0, 0.05) is 19.5 Å². The maximum Gasteiger partial charge on any atom is 0.323 e. The van der Waals surface area contributed by atoms with Crippen LogP contribution in [0.2, 0.25) is 0 Å². The summed E-state index contributed by atoms with van der Waals surface area (Å²) in [5.41, 5.74) is 2.45. The quantitative estimate of drug-likeness (QED) is 0.792. The molecule has 2 unspecified atom stereocenters. The summed E-state index contributed by atoms with van der Waals surface area (Å²) in [6, 6.07) is 12.0. The standard InChI is InChI=1S/C19H24N2O3/c1-14-10-18(19(22)24-14)20-11-15-6-3-4-7-16(15)12-21(2)13-17-8-5-9-23-17/h3-9,14,18,20H,10-13H2,1-2H3. The zero-order valence-corrected chi connectivity index (χ0v) is 14.2. The van der Waals surface area contributed by atoms with Crippen LogP contribution in [0, 0.1) is 0 Å². The summed E-state index contributed by atoms with van der Waals surface area (Å²) in [4.78, 5) is 14.0. The van der Waals surface area contributed by atoms with E-state index < -0.39 is 0 Å². The predicted octanol–water partition coefficient (Wildman–Crippen LogP) is 2.71. The molecule has 5 heteroatoms. The van der Waals surface area contributed by atoms with E-state index >= 15 is 0 Å². The molecule has 1 aliphatic heterocycles. The summed E-state index contributed by atoms with van der Waals surface area (Å²) in [5, 5.41) is 3.33. The Hall–Kier alpha value is -2.11. The van der Waals surface area contributed by atoms with Crippen molar-refractivity contribution in [2.45, 2.75) is 45.1 Å². The van der Waals surface area contributed by atoms with Crippen LogP contribution in [0.5, 0.6) is 0 Å². The minimum atomic E-state index is -0.200. The summed E-state index contributed by atoms with van der Waals surface area (Å²) >= 11 is 0. The lowest BCUT2D eigenvalue weighted by molar-refractivity contribution is -0.142. The average Bonchev–Trinajstić information content (AvgIpc) is 3.16. The summed E-state index contributed by atoms with van der Waals surface area (Å²) in [5.74, 6) is 0.811. The molecule has 128 valence electrons. The number of ether oxygens (including phenoxy) is 1. The average molecular weight is 328 g/mol. The number of rotatable bonds is 7. The zero-order valence-electron chi connectivity index (χ0n) is 14.2. The van der Waals surface area contributed by atoms with Gasteiger partial charge in [-0.05, 0) is 37.2 Å². The molecule has 1 aliphatic rings. The van der Waals surface area contributed by atoms with Crippen molar-refractivity contribution in [2.24, 2.45) is 0 Å². The first-order valence-corrected chi connectivity index (χ1v) is 8.33. The Bertz CT molecular complexity index is 669. The van der Waals surface area contributed by atoms with Gasteiger partial charge in [-0.1, -0.05) is 24.3 Å². The highest BCUT2D eigenvalue weighted by Crippen LogP contribution is 2.17. The summed E-state index contributed by atoms with van der Waals surface area (Å²) < 4.78 is 10.6. The number of furan rings is 1. The maximum atomic E-state index is 11.7. The van der Waals surface area contributed by atoms with Crippen LogP contribution in [0.4, 0.5) is 0 Å². The lowest BCUT2D eigenvalue weighted by atomic mass is 10.1. The van der Waals surface area contributed by atoms with Gasteiger partial charge in [-0.15, -0.1) is 0 Å². The molecule has 1 aromatic carbocycles. The van der Waals surface area contributed by atoms with Gasteiger partial charge in [0.25, 0.3) is 0 Å². The third kappa shape index (κ3) is 4.24. The van der Waals surface area contributed by atoms with E-state index in [1.807, 2.05) is 31.2 Å². The van der Waals surface area contributed by atoms with Gasteiger partial charge in [-0.2, -0.15) is 0 Å². The van der Waals surface area contributed by atoms with E-state index in [9.17, 15) is 4.79 Å². The molecule has 0 radical (unpaired) electrons. The second-order valence-corrected chi connectivity index (χ2v) is 6.44. The topological polar surface area (TPSA) is 54.7 Å². The second kappa shape index (κ2) is 7.64. The number of cyclic esters (lactones) is 1. The van der Waals surface area contributed by atoms with Crippen molar-refractivity contribution in [1.29, 1.82) is 0 Å². The minimum Gasteiger partial charge on any atom is -0.468 e. The van der Waals surface area contributed by atoms with Crippen LogP contribution < -0.4 is 5.32 Å². The molecule has 0 spiro atoms. The lowest BCUT2D eigenvalue weighted by Crippen LogP contribution is -2.33. The zero-order chi connectivity index (χ0) is 16.9. The van der Waals surface area contributed by atoms with Gasteiger partial charge in [0.1, 0.15) is 17.9 Å². The van der Waals surface area contributed by atoms with Gasteiger partial charge in [0.05, 0.1) is 12.8 Å². The first kappa shape index (κ1) is 16.7. The van der Waals surface area contributed by atoms with Crippen LogP contribution >= 0.6 is 0 Å². The number of benzene rings is 1. The van der Waals surface area contributed by atoms with E-state index in [2.05, 4.69) is 29.4 Å². The molecule has 0 saturated carbocycles. The van der Waals surface area contributed by atoms with E-state index in [0.717, 1.165) is 25.3 Å². The SMILES string of the molecule is CC1CC(NCc2ccccc2CN(C)Cc2ccco2)C(=O)O1. The fourth-order valence-electron chi connectivity index (χ4n) is 3.06. The summed E-state index contributed by atoms with van der Waals surface area (Å²) in [6.07, 6.45) is 2.44. The Morgan fingerprint density at radius 3 is 2.62 bits per heavy atom. The van der Waals surface area contributed by atoms with Crippen molar-refractivity contribution < 1.29 is 13.9 Å². The highest BCUT2D eigenvalue weighted by Gasteiger charge is 2.31. The Morgan fingerprint density at radius 1 is 1.17 bits per heavy atom. The van der Waals surface area contributed by atoms with Gasteiger partial charge in [-0.3, -0.25) is 9.69 Å². The monoisotopic (exact) mass is 328 g/mol. The van der Waals surface area contributed by atoms with Gasteiger partial charge in [0.15, 0.2) is 0 Å². The van der Waals surface area contributed by atoms with E-state index in [1.54, 1.807) is 6.26 Å². The van der Waals surface area contributed by atoms with Crippen molar-refractivity contribution in [2.75, 3.05) is 7.05 Å². The smallest absolute Gasteiger partial charge is 0.323 e. The molecule has 5 nitrogen and oxygen atoms in total. The number of nitrogens with one attached hydrogen (secondary N) is 1. The number of esters is 1. The number of hydrogen-bond donors (Lipinski definition) is 1. The van der Waals surface area contributed by atoms with Gasteiger partial charge >= 0.3 is 5.97 Å². The van der Waals surface area contributed by atoms with E-state index in [-0.39, 0.29) is 18.1 Å². The lowest BCUT2D eigenvalue weighted by Gasteiger charge is -2.18. The third-order valence-corrected chi connectivity index (χ3v) is 4.27. The Balaban J connectivity index is 1.59. The molecule has 1 N–H and O–H groups in total. The Kier molecular flexibility index (Phi) is 5.33. The highest BCUT2D eigenvalue weighted by atomic mass is 16.6. The number of carbonyl (C=O) groups excluding carboxylic acids is 1. The maximum absolute atomic E-state index is 11.7. The molecule has 1 aromatic heterocycles. The minimum absolute atomic E-state index is 0.00433. The molecular weight excluding hydrogens is 304 g/mol. The van der Waals surface area contributed by atoms with Crippen molar-refractivity contribution in [3.8, 4) is 0 Å². The fourth-order valence-corrected chi connectivity index (χ4v) is 3.06. The molecule has 1 fully saturated rings. The van der Waals surface area contributed by atoms with Crippen LogP contribution in [0.3, 0.4) is 0 Å². The highest BCUT2D eigenvalue weighted by molar-refractivity contribution is 5.77. The fraction of sp³-hybridized carbons (Fsp3) is 0.421. The number of carbonyl (C=O) groups is 1. The van der Waals surface area contributed by atoms with Crippen LogP contribution in [0.15, 0.2) is 47.1 Å². The van der Waals surface area contributed by atoms with Crippen molar-refractivity contribution in [3.63, 3.8) is 0 Å². The first-order chi connectivity index (χ1) is 11.6. The van der Waals surface area contributed by atoms with Crippen LogP contribution in [0.25, 0.3) is 0 Å². The van der Waals surface area contributed by atoms with Crippen molar-refractivity contribution in [3.05, 3.63) is 59.5 Å². The molecule has 1 saturated heterocycles. The molecule has 2 atom stereocenters. The van der Waals surface area contributed by atoms with Gasteiger partial charge in [-0.25, -0.2) is 0 Å². The summed E-state index contributed by atoms with van der Waals surface area (Å²) in [7, 11) is 2.07. The predicted molar refractivity (Wildman–Crippen MR) is 91.1 cm³/mol. The third-order valence-electron chi connectivity index (χ3n) is 4.27. The van der Waals surface area contributed by atoms with Crippen molar-refractivity contribution >= 4 is 5.97 Å². The largest absolute Gasteiger partial charge is 0.468 e. The molecule has 3 rings (SSSR count).